The normalized spacial score (nSPS) is 20.5. The largest absolute Gasteiger partial charge is 0.356 e. The molecule has 1 saturated heterocycles. The van der Waals surface area contributed by atoms with Crippen LogP contribution in [0.1, 0.15) is 12.6 Å². The van der Waals surface area contributed by atoms with Crippen LogP contribution in [0.25, 0.3) is 0 Å². The third kappa shape index (κ3) is 3.47. The van der Waals surface area contributed by atoms with Gasteiger partial charge in [-0.15, -0.1) is 0 Å². The molecule has 1 amide bonds. The Morgan fingerprint density at radius 2 is 2.13 bits per heavy atom. The Hall–Kier alpha value is -2.50. The van der Waals surface area contributed by atoms with Gasteiger partial charge in [-0.1, -0.05) is 13.0 Å². The highest BCUT2D eigenvalue weighted by Crippen LogP contribution is 2.28. The molecule has 0 bridgehead atoms. The Kier molecular flexibility index (Phi) is 4.50. The maximum atomic E-state index is 12.8. The summed E-state index contributed by atoms with van der Waals surface area (Å²) in [5.74, 6) is 1.38. The molecule has 2 aromatic heterocycles. The van der Waals surface area contributed by atoms with Gasteiger partial charge in [-0.05, 0) is 18.1 Å². The zero-order chi connectivity index (χ0) is 16.2. The van der Waals surface area contributed by atoms with E-state index >= 15 is 0 Å². The molecule has 0 unspecified atom stereocenters. The number of hydrogen-bond acceptors (Lipinski definition) is 5. The van der Waals surface area contributed by atoms with Crippen molar-refractivity contribution in [2.24, 2.45) is 11.8 Å². The molecule has 0 saturated carbocycles. The summed E-state index contributed by atoms with van der Waals surface area (Å²) in [4.78, 5) is 29.4. The molecule has 0 spiro atoms. The number of pyridine rings is 1. The van der Waals surface area contributed by atoms with E-state index in [9.17, 15) is 4.79 Å². The second-order valence-corrected chi connectivity index (χ2v) is 6.07. The third-order valence-corrected chi connectivity index (χ3v) is 4.29. The van der Waals surface area contributed by atoms with Gasteiger partial charge in [0.25, 0.3) is 0 Å². The highest BCUT2D eigenvalue weighted by molar-refractivity contribution is 5.80. The quantitative estimate of drug-likeness (QED) is 0.858. The van der Waals surface area contributed by atoms with Crippen LogP contribution in [-0.4, -0.2) is 45.9 Å². The average molecular weight is 311 g/mol. The van der Waals surface area contributed by atoms with Gasteiger partial charge in [-0.3, -0.25) is 14.8 Å². The minimum Gasteiger partial charge on any atom is -0.356 e. The lowest BCUT2D eigenvalue weighted by molar-refractivity contribution is -0.135. The number of carbonyl (C=O) groups is 1. The van der Waals surface area contributed by atoms with Crippen molar-refractivity contribution in [3.05, 3.63) is 48.7 Å². The van der Waals surface area contributed by atoms with E-state index in [1.807, 2.05) is 25.2 Å². The molecule has 1 aliphatic heterocycles. The van der Waals surface area contributed by atoms with Gasteiger partial charge in [0.15, 0.2) is 0 Å². The zero-order valence-corrected chi connectivity index (χ0v) is 13.5. The van der Waals surface area contributed by atoms with E-state index in [-0.39, 0.29) is 11.8 Å². The summed E-state index contributed by atoms with van der Waals surface area (Å²) in [6, 6.07) is 5.87. The molecular weight excluding hydrogens is 290 g/mol. The Labute approximate surface area is 136 Å². The Balaban J connectivity index is 1.65. The van der Waals surface area contributed by atoms with Crippen molar-refractivity contribution in [2.45, 2.75) is 13.5 Å². The molecule has 2 atom stereocenters. The van der Waals surface area contributed by atoms with Gasteiger partial charge >= 0.3 is 0 Å². The molecule has 120 valence electrons. The maximum Gasteiger partial charge on any atom is 0.227 e. The van der Waals surface area contributed by atoms with E-state index in [0.29, 0.717) is 19.0 Å². The summed E-state index contributed by atoms with van der Waals surface area (Å²) in [6.07, 6.45) is 6.77. The molecule has 23 heavy (non-hydrogen) atoms. The number of amides is 1. The minimum atomic E-state index is -0.0151. The maximum absolute atomic E-state index is 12.8. The third-order valence-electron chi connectivity index (χ3n) is 4.29. The number of nitrogens with zero attached hydrogens (tertiary/aromatic N) is 5. The highest BCUT2D eigenvalue weighted by atomic mass is 16.2. The first-order valence-corrected chi connectivity index (χ1v) is 7.81. The first-order valence-electron chi connectivity index (χ1n) is 7.81. The first kappa shape index (κ1) is 15.4. The van der Waals surface area contributed by atoms with Gasteiger partial charge in [0.05, 0.1) is 24.4 Å². The van der Waals surface area contributed by atoms with Crippen molar-refractivity contribution >= 4 is 11.7 Å². The topological polar surface area (TPSA) is 62.2 Å². The van der Waals surface area contributed by atoms with Gasteiger partial charge < -0.3 is 9.80 Å². The van der Waals surface area contributed by atoms with Gasteiger partial charge in [0.2, 0.25) is 5.91 Å². The van der Waals surface area contributed by atoms with Gasteiger partial charge in [-0.25, -0.2) is 4.98 Å². The lowest BCUT2D eigenvalue weighted by Crippen LogP contribution is -2.36. The number of anilines is 1. The lowest BCUT2D eigenvalue weighted by atomic mass is 9.97. The van der Waals surface area contributed by atoms with E-state index in [1.165, 1.54) is 0 Å². The van der Waals surface area contributed by atoms with Gasteiger partial charge in [0, 0.05) is 38.7 Å². The molecule has 1 aliphatic rings. The molecule has 6 nitrogen and oxygen atoms in total. The second-order valence-electron chi connectivity index (χ2n) is 6.07. The fraction of sp³-hybridized carbons (Fsp3) is 0.412. The van der Waals surface area contributed by atoms with Crippen LogP contribution in [0.3, 0.4) is 0 Å². The zero-order valence-electron chi connectivity index (χ0n) is 13.5. The fourth-order valence-electron chi connectivity index (χ4n) is 3.03. The molecule has 0 aliphatic carbocycles. The summed E-state index contributed by atoms with van der Waals surface area (Å²) in [5.41, 5.74) is 0.801. The summed E-state index contributed by atoms with van der Waals surface area (Å²) in [6.45, 7) is 4.18. The van der Waals surface area contributed by atoms with E-state index in [0.717, 1.165) is 18.1 Å². The summed E-state index contributed by atoms with van der Waals surface area (Å²) < 4.78 is 0. The van der Waals surface area contributed by atoms with Crippen LogP contribution in [0.5, 0.6) is 0 Å². The SMILES string of the molecule is C[C@@H]1CN(c2ccccn2)C[C@H]1C(=O)N(C)Cc1cnccn1. The summed E-state index contributed by atoms with van der Waals surface area (Å²) in [7, 11) is 1.83. The van der Waals surface area contributed by atoms with Crippen molar-refractivity contribution in [1.82, 2.24) is 19.9 Å². The van der Waals surface area contributed by atoms with Crippen molar-refractivity contribution in [3.63, 3.8) is 0 Å². The molecule has 6 heteroatoms. The number of hydrogen-bond donors (Lipinski definition) is 0. The number of rotatable bonds is 4. The summed E-state index contributed by atoms with van der Waals surface area (Å²) >= 11 is 0. The molecular formula is C17H21N5O. The molecule has 3 rings (SSSR count). The van der Waals surface area contributed by atoms with Crippen molar-refractivity contribution in [3.8, 4) is 0 Å². The lowest BCUT2D eigenvalue weighted by Gasteiger charge is -2.22. The van der Waals surface area contributed by atoms with E-state index < -0.39 is 0 Å². The van der Waals surface area contributed by atoms with Crippen LogP contribution in [0.15, 0.2) is 43.0 Å². The Morgan fingerprint density at radius 1 is 1.26 bits per heavy atom. The monoisotopic (exact) mass is 311 g/mol. The standard InChI is InChI=1S/C17H21N5O/c1-13-10-22(16-5-3-4-6-20-16)12-15(13)17(23)21(2)11-14-9-18-7-8-19-14/h3-9,13,15H,10-12H2,1-2H3/t13-,15-/m1/s1. The Bertz CT molecular complexity index is 649. The number of carbonyl (C=O) groups excluding carboxylic acids is 1. The van der Waals surface area contributed by atoms with Crippen molar-refractivity contribution < 1.29 is 4.79 Å². The van der Waals surface area contributed by atoms with Crippen LogP contribution in [0, 0.1) is 11.8 Å². The van der Waals surface area contributed by atoms with E-state index in [1.54, 1.807) is 29.7 Å². The van der Waals surface area contributed by atoms with Crippen molar-refractivity contribution in [1.29, 1.82) is 0 Å². The van der Waals surface area contributed by atoms with Crippen LogP contribution in [0.2, 0.25) is 0 Å². The predicted octanol–water partition coefficient (Wildman–Crippen LogP) is 1.60. The van der Waals surface area contributed by atoms with Crippen molar-refractivity contribution in [2.75, 3.05) is 25.0 Å². The van der Waals surface area contributed by atoms with E-state index in [2.05, 4.69) is 26.8 Å². The van der Waals surface area contributed by atoms with E-state index in [4.69, 9.17) is 0 Å². The smallest absolute Gasteiger partial charge is 0.227 e. The highest BCUT2D eigenvalue weighted by Gasteiger charge is 2.36. The Morgan fingerprint density at radius 3 is 2.83 bits per heavy atom. The van der Waals surface area contributed by atoms with Crippen LogP contribution in [0.4, 0.5) is 5.82 Å². The van der Waals surface area contributed by atoms with Crippen LogP contribution in [-0.2, 0) is 11.3 Å². The molecule has 0 N–H and O–H groups in total. The number of aromatic nitrogens is 3. The predicted molar refractivity (Wildman–Crippen MR) is 87.6 cm³/mol. The second kappa shape index (κ2) is 6.73. The van der Waals surface area contributed by atoms with Crippen LogP contribution >= 0.6 is 0 Å². The molecule has 3 heterocycles. The van der Waals surface area contributed by atoms with Gasteiger partial charge in [0.1, 0.15) is 5.82 Å². The summed E-state index contributed by atoms with van der Waals surface area (Å²) in [5, 5.41) is 0. The van der Waals surface area contributed by atoms with Gasteiger partial charge in [-0.2, -0.15) is 0 Å². The average Bonchev–Trinajstić information content (AvgIpc) is 2.97. The molecule has 0 radical (unpaired) electrons. The molecule has 0 aromatic carbocycles. The minimum absolute atomic E-state index is 0.0151. The van der Waals surface area contributed by atoms with Crippen LogP contribution < -0.4 is 4.90 Å². The molecule has 2 aromatic rings. The fourth-order valence-corrected chi connectivity index (χ4v) is 3.03. The first-order chi connectivity index (χ1) is 11.1. The molecule has 1 fully saturated rings.